The van der Waals surface area contributed by atoms with Crippen LogP contribution in [0, 0.1) is 50.2 Å². The summed E-state index contributed by atoms with van der Waals surface area (Å²) < 4.78 is 17.8. The highest BCUT2D eigenvalue weighted by Crippen LogP contribution is 2.76. The Kier molecular flexibility index (Phi) is 8.34. The van der Waals surface area contributed by atoms with Gasteiger partial charge in [0.2, 0.25) is 0 Å². The number of ether oxygens (including phenoxy) is 3. The molecule has 10 heteroatoms. The monoisotopic (exact) mass is 660 g/mol. The Balaban J connectivity index is 1.30. The zero-order chi connectivity index (χ0) is 34.5. The maximum Gasteiger partial charge on any atom is 0.310 e. The van der Waals surface area contributed by atoms with Gasteiger partial charge in [-0.2, -0.15) is 0 Å². The lowest BCUT2D eigenvalue weighted by Crippen LogP contribution is -2.66. The number of carbonyl (C=O) groups is 3. The number of aliphatic hydroxyl groups is 2. The third-order valence-corrected chi connectivity index (χ3v) is 15.3. The minimum atomic E-state index is -1.30. The van der Waals surface area contributed by atoms with Crippen LogP contribution in [0.5, 0.6) is 0 Å². The normalized spacial score (nSPS) is 50.4. The summed E-state index contributed by atoms with van der Waals surface area (Å²) in [5.41, 5.74) is -1.26. The summed E-state index contributed by atoms with van der Waals surface area (Å²) in [7, 11) is 0. The number of rotatable bonds is 5. The minimum absolute atomic E-state index is 0.0245. The lowest BCUT2D eigenvalue weighted by molar-refractivity contribution is -0.310. The second-order valence-electron chi connectivity index (χ2n) is 17.7. The second kappa shape index (κ2) is 11.3. The number of carboxylic acid groups (broad SMARTS) is 2. The summed E-state index contributed by atoms with van der Waals surface area (Å²) in [5, 5.41) is 41.7. The van der Waals surface area contributed by atoms with Crippen LogP contribution < -0.4 is 0 Å². The van der Waals surface area contributed by atoms with Gasteiger partial charge in [-0.25, -0.2) is 0 Å². The van der Waals surface area contributed by atoms with Gasteiger partial charge in [0.1, 0.15) is 12.2 Å². The van der Waals surface area contributed by atoms with E-state index in [0.717, 1.165) is 38.5 Å². The van der Waals surface area contributed by atoms with E-state index >= 15 is 0 Å². The number of aliphatic hydroxyl groups excluding tert-OH is 2. The third kappa shape index (κ3) is 4.89. The van der Waals surface area contributed by atoms with E-state index in [-0.39, 0.29) is 40.3 Å². The number of hydrogen-bond acceptors (Lipinski definition) is 8. The molecule has 0 aromatic rings. The van der Waals surface area contributed by atoms with Crippen molar-refractivity contribution in [1.29, 1.82) is 0 Å². The molecule has 47 heavy (non-hydrogen) atoms. The van der Waals surface area contributed by atoms with Gasteiger partial charge >= 0.3 is 17.9 Å². The first-order valence-electron chi connectivity index (χ1n) is 17.7. The summed E-state index contributed by atoms with van der Waals surface area (Å²) in [6, 6.07) is 0. The molecule has 264 valence electrons. The van der Waals surface area contributed by atoms with Crippen molar-refractivity contribution >= 4 is 17.9 Å². The molecule has 1 aliphatic heterocycles. The zero-order valence-corrected chi connectivity index (χ0v) is 29.2. The zero-order valence-electron chi connectivity index (χ0n) is 29.2. The fourth-order valence-electron chi connectivity index (χ4n) is 12.2. The third-order valence-electron chi connectivity index (χ3n) is 15.3. The van der Waals surface area contributed by atoms with E-state index in [0.29, 0.717) is 37.5 Å². The van der Waals surface area contributed by atoms with Gasteiger partial charge < -0.3 is 34.6 Å². The van der Waals surface area contributed by atoms with Gasteiger partial charge in [-0.05, 0) is 111 Å². The van der Waals surface area contributed by atoms with Gasteiger partial charge in [-0.1, -0.05) is 46.3 Å². The van der Waals surface area contributed by atoms with Crippen LogP contribution in [-0.4, -0.2) is 75.6 Å². The molecule has 10 nitrogen and oxygen atoms in total. The van der Waals surface area contributed by atoms with E-state index in [1.165, 1.54) is 12.5 Å². The molecular weight excluding hydrogens is 604 g/mol. The van der Waals surface area contributed by atoms with E-state index in [4.69, 9.17) is 14.2 Å². The van der Waals surface area contributed by atoms with E-state index in [1.54, 1.807) is 6.92 Å². The van der Waals surface area contributed by atoms with Crippen LogP contribution in [0.15, 0.2) is 11.6 Å². The molecule has 0 spiro atoms. The quantitative estimate of drug-likeness (QED) is 0.172. The maximum atomic E-state index is 13.0. The topological polar surface area (TPSA) is 160 Å². The number of carboxylic acids is 2. The fourth-order valence-corrected chi connectivity index (χ4v) is 12.2. The maximum absolute atomic E-state index is 13.0. The molecule has 0 radical (unpaired) electrons. The van der Waals surface area contributed by atoms with E-state index in [1.807, 2.05) is 0 Å². The number of hydrogen-bond donors (Lipinski definition) is 4. The molecule has 6 aliphatic rings. The number of fused-ring (bicyclic) bond motifs is 7. The van der Waals surface area contributed by atoms with Crippen LogP contribution in [-0.2, 0) is 28.6 Å². The molecule has 0 aromatic heterocycles. The molecule has 5 fully saturated rings. The molecule has 6 rings (SSSR count). The van der Waals surface area contributed by atoms with Crippen molar-refractivity contribution in [2.45, 2.75) is 143 Å². The Bertz CT molecular complexity index is 1340. The van der Waals surface area contributed by atoms with Gasteiger partial charge in [0, 0.05) is 6.92 Å². The molecular formula is C37H56O10. The molecule has 1 heterocycles. The van der Waals surface area contributed by atoms with Crippen molar-refractivity contribution in [1.82, 2.24) is 0 Å². The van der Waals surface area contributed by atoms with Gasteiger partial charge in [0.05, 0.1) is 23.5 Å². The van der Waals surface area contributed by atoms with Crippen molar-refractivity contribution in [3.05, 3.63) is 11.6 Å². The Morgan fingerprint density at radius 3 is 2.19 bits per heavy atom. The molecule has 13 atom stereocenters. The highest BCUT2D eigenvalue weighted by atomic mass is 16.7. The summed E-state index contributed by atoms with van der Waals surface area (Å²) in [6.07, 6.45) is 4.54. The molecule has 1 saturated heterocycles. The van der Waals surface area contributed by atoms with Gasteiger partial charge in [-0.15, -0.1) is 0 Å². The van der Waals surface area contributed by atoms with Crippen molar-refractivity contribution in [3.63, 3.8) is 0 Å². The number of carbonyl (C=O) groups excluding carboxylic acids is 1. The standard InChI is InChI=1S/C37H56O10/c1-20(38)46-28-27(40)23(39)19-45-29(28)47-26-11-12-34(5)24(32(26,2)3)10-13-36(7)25(34)9-8-21-22-18-33(4,30(41)42)14-16-37(22,31(43)44)17-15-35(21,36)6/h8,22-29,39-40H,9-19H2,1-7H3,(H,41,42)(H,43,44)/t22-,23-,24+,25-,26+,27+,28-,29+,33+,34+,35-,36-,37-/m0/s1. The SMILES string of the molecule is CC(=O)O[C@@H]1[C@@H](O[C@@H]2CC[C@]3(C)[C@H](CC[C@@]4(C)[C@H]3CC=C3[C@@H]5C[C@](C)(C(=O)O)CC[C@]5(C(=O)O)CC[C@@]34C)C2(C)C)OC[C@H](O)[C@H]1O. The number of esters is 1. The molecule has 4 saturated carbocycles. The highest BCUT2D eigenvalue weighted by Gasteiger charge is 2.70. The van der Waals surface area contributed by atoms with Gasteiger partial charge in [0.25, 0.3) is 0 Å². The van der Waals surface area contributed by atoms with Crippen LogP contribution >= 0.6 is 0 Å². The summed E-state index contributed by atoms with van der Waals surface area (Å²) in [4.78, 5) is 37.3. The lowest BCUT2D eigenvalue weighted by atomic mass is 9.33. The van der Waals surface area contributed by atoms with Crippen LogP contribution in [0.4, 0.5) is 0 Å². The molecule has 0 bridgehead atoms. The average Bonchev–Trinajstić information content (AvgIpc) is 2.98. The Hall–Kier alpha value is -2.01. The van der Waals surface area contributed by atoms with Gasteiger partial charge in [-0.3, -0.25) is 14.4 Å². The molecule has 5 aliphatic carbocycles. The van der Waals surface area contributed by atoms with Crippen molar-refractivity contribution in [2.75, 3.05) is 6.61 Å². The van der Waals surface area contributed by atoms with E-state index < -0.39 is 53.3 Å². The van der Waals surface area contributed by atoms with Crippen molar-refractivity contribution in [2.24, 2.45) is 50.2 Å². The smallest absolute Gasteiger partial charge is 0.310 e. The molecule has 0 aromatic carbocycles. The first kappa shape index (κ1) is 34.8. The molecule has 0 unspecified atom stereocenters. The minimum Gasteiger partial charge on any atom is -0.481 e. The van der Waals surface area contributed by atoms with Crippen LogP contribution in [0.25, 0.3) is 0 Å². The van der Waals surface area contributed by atoms with Crippen molar-refractivity contribution < 1.29 is 49.0 Å². The average molecular weight is 661 g/mol. The first-order valence-corrected chi connectivity index (χ1v) is 17.7. The van der Waals surface area contributed by atoms with Crippen LogP contribution in [0.1, 0.15) is 113 Å². The van der Waals surface area contributed by atoms with E-state index in [2.05, 4.69) is 40.7 Å². The fraction of sp³-hybridized carbons (Fsp3) is 0.865. The Labute approximate surface area is 278 Å². The van der Waals surface area contributed by atoms with Gasteiger partial charge in [0.15, 0.2) is 12.4 Å². The largest absolute Gasteiger partial charge is 0.481 e. The van der Waals surface area contributed by atoms with Crippen LogP contribution in [0.3, 0.4) is 0 Å². The Morgan fingerprint density at radius 2 is 1.55 bits per heavy atom. The lowest BCUT2D eigenvalue weighted by Gasteiger charge is -2.71. The first-order chi connectivity index (χ1) is 21.8. The van der Waals surface area contributed by atoms with Crippen molar-refractivity contribution in [3.8, 4) is 0 Å². The van der Waals surface area contributed by atoms with E-state index in [9.17, 15) is 34.8 Å². The number of allylic oxidation sites excluding steroid dienone is 2. The predicted octanol–water partition coefficient (Wildman–Crippen LogP) is 5.33. The van der Waals surface area contributed by atoms with Crippen LogP contribution in [0.2, 0.25) is 0 Å². The Morgan fingerprint density at radius 1 is 0.872 bits per heavy atom. The molecule has 4 N–H and O–H groups in total. The second-order valence-corrected chi connectivity index (χ2v) is 17.7. The predicted molar refractivity (Wildman–Crippen MR) is 171 cm³/mol. The molecule has 0 amide bonds. The number of aliphatic carboxylic acids is 2. The summed E-state index contributed by atoms with van der Waals surface area (Å²) in [5.74, 6) is -1.81. The summed E-state index contributed by atoms with van der Waals surface area (Å²) in [6.45, 7) is 14.7. The highest BCUT2D eigenvalue weighted by molar-refractivity contribution is 5.79. The summed E-state index contributed by atoms with van der Waals surface area (Å²) >= 11 is 0.